The molecule has 0 aliphatic carbocycles. The van der Waals surface area contributed by atoms with Gasteiger partial charge in [0.15, 0.2) is 0 Å². The van der Waals surface area contributed by atoms with E-state index in [4.69, 9.17) is 10.5 Å². The highest BCUT2D eigenvalue weighted by atomic mass is 19.1. The second-order valence-corrected chi connectivity index (χ2v) is 7.80. The van der Waals surface area contributed by atoms with Crippen LogP contribution < -0.4 is 5.73 Å². The smallest absolute Gasteiger partial charge is 0.250 e. The number of nitrogens with two attached hydrogens (primary N) is 1. The Bertz CT molecular complexity index is 1020. The number of fused-ring (bicyclic) bond motifs is 1. The van der Waals surface area contributed by atoms with Crippen LogP contribution in [-0.2, 0) is 17.8 Å². The molecule has 4 heterocycles. The average Bonchev–Trinajstić information content (AvgIpc) is 3.26. The fraction of sp³-hybridized carbons (Fsp3) is 0.381. The Balaban J connectivity index is 1.29. The van der Waals surface area contributed by atoms with Crippen LogP contribution in [0.1, 0.15) is 35.8 Å². The summed E-state index contributed by atoms with van der Waals surface area (Å²) in [6.45, 7) is 1.88. The molecule has 5 rings (SSSR count). The number of halogens is 2. The molecular weight excluding hydrogens is 390 g/mol. The van der Waals surface area contributed by atoms with Gasteiger partial charge in [0.2, 0.25) is 5.95 Å². The van der Waals surface area contributed by atoms with E-state index in [9.17, 15) is 8.78 Å². The van der Waals surface area contributed by atoms with Crippen LogP contribution in [0.4, 0.5) is 8.78 Å². The van der Waals surface area contributed by atoms with Crippen LogP contribution in [0.2, 0.25) is 0 Å². The van der Waals surface area contributed by atoms with Crippen molar-refractivity contribution in [2.45, 2.75) is 44.1 Å². The van der Waals surface area contributed by atoms with E-state index in [1.54, 1.807) is 23.1 Å². The van der Waals surface area contributed by atoms with Crippen molar-refractivity contribution in [1.82, 2.24) is 24.6 Å². The van der Waals surface area contributed by atoms with Gasteiger partial charge < -0.3 is 10.5 Å². The molecule has 3 atom stereocenters. The Morgan fingerprint density at radius 2 is 1.97 bits per heavy atom. The molecule has 2 aliphatic rings. The van der Waals surface area contributed by atoms with E-state index in [0.29, 0.717) is 25.5 Å². The zero-order chi connectivity index (χ0) is 20.7. The summed E-state index contributed by atoms with van der Waals surface area (Å²) in [4.78, 5) is 10.8. The van der Waals surface area contributed by atoms with Crippen molar-refractivity contribution in [1.29, 1.82) is 0 Å². The van der Waals surface area contributed by atoms with Gasteiger partial charge in [0.05, 0.1) is 5.69 Å². The average molecular weight is 412 g/mol. The van der Waals surface area contributed by atoms with Crippen molar-refractivity contribution in [3.8, 4) is 5.95 Å². The summed E-state index contributed by atoms with van der Waals surface area (Å²) in [6, 6.07) is 4.92. The number of ether oxygens (including phenoxy) is 1. The Morgan fingerprint density at radius 1 is 1.13 bits per heavy atom. The van der Waals surface area contributed by atoms with Gasteiger partial charge in [-0.05, 0) is 37.1 Å². The normalized spacial score (nSPS) is 24.6. The molecule has 0 bridgehead atoms. The lowest BCUT2D eigenvalue weighted by Crippen LogP contribution is -2.38. The van der Waals surface area contributed by atoms with Gasteiger partial charge in [-0.25, -0.2) is 23.4 Å². The van der Waals surface area contributed by atoms with Crippen molar-refractivity contribution in [2.24, 2.45) is 5.73 Å². The molecule has 0 radical (unpaired) electrons. The molecule has 3 aromatic rings. The molecule has 0 saturated carbocycles. The van der Waals surface area contributed by atoms with E-state index < -0.39 is 23.8 Å². The van der Waals surface area contributed by atoms with Gasteiger partial charge in [-0.15, -0.1) is 0 Å². The maximum Gasteiger partial charge on any atom is 0.250 e. The van der Waals surface area contributed by atoms with Crippen molar-refractivity contribution in [3.63, 3.8) is 0 Å². The quantitative estimate of drug-likeness (QED) is 0.712. The first-order valence-electron chi connectivity index (χ1n) is 9.99. The molecule has 0 amide bonds. The maximum atomic E-state index is 14.2. The van der Waals surface area contributed by atoms with Gasteiger partial charge >= 0.3 is 0 Å². The van der Waals surface area contributed by atoms with Crippen LogP contribution in [0.25, 0.3) is 5.95 Å². The SMILES string of the molecule is N[C@H]1CC(N2Cc3cn(-c4ncccn4)nc3C2)CCO[C@@H]1c1cc(F)ccc1F. The fourth-order valence-corrected chi connectivity index (χ4v) is 4.34. The highest BCUT2D eigenvalue weighted by molar-refractivity contribution is 5.26. The third-order valence-corrected chi connectivity index (χ3v) is 5.82. The molecule has 2 aromatic heterocycles. The summed E-state index contributed by atoms with van der Waals surface area (Å²) >= 11 is 0. The minimum absolute atomic E-state index is 0.178. The van der Waals surface area contributed by atoms with Crippen LogP contribution in [0.5, 0.6) is 0 Å². The second kappa shape index (κ2) is 7.82. The van der Waals surface area contributed by atoms with Gasteiger partial charge in [-0.2, -0.15) is 5.10 Å². The van der Waals surface area contributed by atoms with Crippen LogP contribution in [0.15, 0.2) is 42.9 Å². The predicted octanol–water partition coefficient (Wildman–Crippen LogP) is 2.50. The summed E-state index contributed by atoms with van der Waals surface area (Å²) < 4.78 is 35.4. The first kappa shape index (κ1) is 19.2. The third kappa shape index (κ3) is 3.60. The molecule has 1 fully saturated rings. The van der Waals surface area contributed by atoms with E-state index in [-0.39, 0.29) is 11.6 Å². The van der Waals surface area contributed by atoms with Crippen LogP contribution >= 0.6 is 0 Å². The molecule has 7 nitrogen and oxygen atoms in total. The Labute approximate surface area is 172 Å². The highest BCUT2D eigenvalue weighted by Crippen LogP contribution is 2.33. The second-order valence-electron chi connectivity index (χ2n) is 7.80. The Kier molecular flexibility index (Phi) is 5.01. The lowest BCUT2D eigenvalue weighted by Gasteiger charge is -2.28. The zero-order valence-electron chi connectivity index (χ0n) is 16.3. The summed E-state index contributed by atoms with van der Waals surface area (Å²) in [5.41, 5.74) is 8.71. The van der Waals surface area contributed by atoms with Gasteiger partial charge in [0.1, 0.15) is 17.7 Å². The summed E-state index contributed by atoms with van der Waals surface area (Å²) in [7, 11) is 0. The zero-order valence-corrected chi connectivity index (χ0v) is 16.3. The third-order valence-electron chi connectivity index (χ3n) is 5.82. The molecule has 0 spiro atoms. The fourth-order valence-electron chi connectivity index (χ4n) is 4.34. The number of hydrogen-bond donors (Lipinski definition) is 1. The number of nitrogens with zero attached hydrogens (tertiary/aromatic N) is 5. The standard InChI is InChI=1S/C21H22F2N6O/c22-14-2-3-17(23)16(8-14)20-18(24)9-15(4-7-30-20)28-10-13-11-29(27-19(13)12-28)21-25-5-1-6-26-21/h1-3,5-6,8,11,15,18,20H,4,7,9-10,12,24H2/t15?,18-,20+/m0/s1. The van der Waals surface area contributed by atoms with Crippen LogP contribution in [0, 0.1) is 11.6 Å². The van der Waals surface area contributed by atoms with E-state index in [1.165, 1.54) is 6.07 Å². The van der Waals surface area contributed by atoms with E-state index in [1.807, 2.05) is 6.20 Å². The van der Waals surface area contributed by atoms with E-state index >= 15 is 0 Å². The first-order valence-corrected chi connectivity index (χ1v) is 9.99. The molecule has 2 aliphatic heterocycles. The minimum atomic E-state index is -0.657. The topological polar surface area (TPSA) is 82.1 Å². The first-order chi connectivity index (χ1) is 14.6. The van der Waals surface area contributed by atoms with Crippen molar-refractivity contribution in [2.75, 3.05) is 6.61 Å². The maximum absolute atomic E-state index is 14.2. The number of hydrogen-bond acceptors (Lipinski definition) is 6. The Morgan fingerprint density at radius 3 is 2.77 bits per heavy atom. The molecule has 30 heavy (non-hydrogen) atoms. The summed E-state index contributed by atoms with van der Waals surface area (Å²) in [6.07, 6.45) is 6.08. The Hall–Kier alpha value is -2.75. The summed E-state index contributed by atoms with van der Waals surface area (Å²) in [5, 5.41) is 4.63. The molecule has 2 N–H and O–H groups in total. The largest absolute Gasteiger partial charge is 0.372 e. The van der Waals surface area contributed by atoms with Gasteiger partial charge in [0.25, 0.3) is 0 Å². The van der Waals surface area contributed by atoms with Crippen LogP contribution in [0.3, 0.4) is 0 Å². The summed E-state index contributed by atoms with van der Waals surface area (Å²) in [5.74, 6) is -0.440. The van der Waals surface area contributed by atoms with E-state index in [2.05, 4.69) is 20.0 Å². The monoisotopic (exact) mass is 412 g/mol. The van der Waals surface area contributed by atoms with Crippen molar-refractivity contribution in [3.05, 3.63) is 71.3 Å². The van der Waals surface area contributed by atoms with E-state index in [0.717, 1.165) is 36.4 Å². The molecular formula is C21H22F2N6O. The predicted molar refractivity (Wildman–Crippen MR) is 104 cm³/mol. The van der Waals surface area contributed by atoms with Gasteiger partial charge in [-0.1, -0.05) is 0 Å². The van der Waals surface area contributed by atoms with Crippen molar-refractivity contribution >= 4 is 0 Å². The molecule has 9 heteroatoms. The van der Waals surface area contributed by atoms with Gasteiger partial charge in [0, 0.05) is 61.5 Å². The lowest BCUT2D eigenvalue weighted by molar-refractivity contribution is 0.0430. The lowest BCUT2D eigenvalue weighted by atomic mass is 9.96. The molecule has 1 aromatic carbocycles. The minimum Gasteiger partial charge on any atom is -0.372 e. The number of benzene rings is 1. The number of rotatable bonds is 3. The highest BCUT2D eigenvalue weighted by Gasteiger charge is 2.35. The van der Waals surface area contributed by atoms with Crippen molar-refractivity contribution < 1.29 is 13.5 Å². The number of aromatic nitrogens is 4. The molecule has 1 unspecified atom stereocenters. The van der Waals surface area contributed by atoms with Gasteiger partial charge in [-0.3, -0.25) is 4.90 Å². The molecule has 1 saturated heterocycles. The molecule has 156 valence electrons. The van der Waals surface area contributed by atoms with Crippen LogP contribution in [-0.4, -0.2) is 43.3 Å².